The number of fused-ring (bicyclic) bond motifs is 1. The van der Waals surface area contributed by atoms with Crippen molar-refractivity contribution in [3.05, 3.63) is 47.8 Å². The number of carbonyl (C=O) groups is 2. The summed E-state index contributed by atoms with van der Waals surface area (Å²) in [5.41, 5.74) is 0.380. The lowest BCUT2D eigenvalue weighted by Crippen LogP contribution is -2.19. The van der Waals surface area contributed by atoms with Gasteiger partial charge in [-0.25, -0.2) is 0 Å². The molecule has 1 heterocycles. The number of hydrogen-bond acceptors (Lipinski definition) is 4. The van der Waals surface area contributed by atoms with Gasteiger partial charge in [0.25, 0.3) is 5.91 Å². The Morgan fingerprint density at radius 1 is 1.07 bits per heavy atom. The fraction of sp³-hybridized carbons (Fsp3) is 0.222. The molecule has 1 aliphatic carbocycles. The van der Waals surface area contributed by atoms with Crippen LogP contribution in [0.5, 0.6) is 0 Å². The molecule has 1 aliphatic rings. The fourth-order valence-electron chi connectivity index (χ4n) is 2.73. The van der Waals surface area contributed by atoms with Gasteiger partial charge in [-0.3, -0.25) is 20.0 Å². The summed E-state index contributed by atoms with van der Waals surface area (Å²) in [6.45, 7) is 0. The molecule has 0 atom stereocenters. The Bertz CT molecular complexity index is 1070. The molecule has 1 saturated carbocycles. The molecule has 10 heteroatoms. The number of halogens is 3. The zero-order valence-corrected chi connectivity index (χ0v) is 14.3. The number of rotatable bonds is 4. The number of nitrogens with one attached hydrogen (secondary N) is 3. The summed E-state index contributed by atoms with van der Waals surface area (Å²) in [4.78, 5) is 28.1. The van der Waals surface area contributed by atoms with Gasteiger partial charge in [0.1, 0.15) is 0 Å². The van der Waals surface area contributed by atoms with Crippen LogP contribution >= 0.6 is 0 Å². The van der Waals surface area contributed by atoms with E-state index in [0.717, 1.165) is 23.6 Å². The molecule has 0 radical (unpaired) electrons. The van der Waals surface area contributed by atoms with E-state index in [0.29, 0.717) is 0 Å². The number of alkyl halides is 3. The van der Waals surface area contributed by atoms with Gasteiger partial charge in [-0.1, -0.05) is 24.3 Å². The van der Waals surface area contributed by atoms with Crippen LogP contribution in [-0.2, 0) is 11.0 Å². The standard InChI is InChI=1S/C18H14F3N5O2/c19-18(20,21)16-24-17(26-25-16)23-15(28)12-7-10-3-1-2-4-11(10)8-13(12)22-14(27)9-5-6-9/h1-4,7-9H,5-6H2,(H,22,27)(H2,23,24,25,26,28). The molecule has 0 spiro atoms. The van der Waals surface area contributed by atoms with E-state index in [1.54, 1.807) is 29.4 Å². The first-order valence-electron chi connectivity index (χ1n) is 8.46. The van der Waals surface area contributed by atoms with Crippen LogP contribution < -0.4 is 10.6 Å². The van der Waals surface area contributed by atoms with E-state index in [9.17, 15) is 22.8 Å². The van der Waals surface area contributed by atoms with Gasteiger partial charge < -0.3 is 5.32 Å². The first kappa shape index (κ1) is 18.0. The van der Waals surface area contributed by atoms with Crippen molar-refractivity contribution in [2.24, 2.45) is 5.92 Å². The highest BCUT2D eigenvalue weighted by atomic mass is 19.4. The van der Waals surface area contributed by atoms with Gasteiger partial charge in [-0.15, -0.1) is 5.10 Å². The van der Waals surface area contributed by atoms with Crippen molar-refractivity contribution in [1.29, 1.82) is 0 Å². The monoisotopic (exact) mass is 389 g/mol. The van der Waals surface area contributed by atoms with Gasteiger partial charge in [0, 0.05) is 5.92 Å². The quantitative estimate of drug-likeness (QED) is 0.635. The molecule has 7 nitrogen and oxygen atoms in total. The Labute approximate surface area is 156 Å². The molecule has 3 aromatic rings. The number of benzene rings is 2. The second-order valence-electron chi connectivity index (χ2n) is 6.47. The molecular formula is C18H14F3N5O2. The van der Waals surface area contributed by atoms with Crippen LogP contribution in [0.4, 0.5) is 24.8 Å². The molecule has 0 aliphatic heterocycles. The van der Waals surface area contributed by atoms with Crippen LogP contribution in [0, 0.1) is 5.92 Å². The summed E-state index contributed by atoms with van der Waals surface area (Å²) >= 11 is 0. The van der Waals surface area contributed by atoms with E-state index in [4.69, 9.17) is 0 Å². The van der Waals surface area contributed by atoms with Crippen LogP contribution in [0.1, 0.15) is 29.0 Å². The smallest absolute Gasteiger partial charge is 0.325 e. The fourth-order valence-corrected chi connectivity index (χ4v) is 2.73. The van der Waals surface area contributed by atoms with Crippen molar-refractivity contribution in [2.45, 2.75) is 19.0 Å². The van der Waals surface area contributed by atoms with Crippen molar-refractivity contribution in [3.8, 4) is 0 Å². The molecule has 28 heavy (non-hydrogen) atoms. The molecular weight excluding hydrogens is 375 g/mol. The normalized spacial score (nSPS) is 14.1. The van der Waals surface area contributed by atoms with Crippen LogP contribution in [0.2, 0.25) is 0 Å². The lowest BCUT2D eigenvalue weighted by Gasteiger charge is -2.12. The molecule has 2 aromatic carbocycles. The largest absolute Gasteiger partial charge is 0.451 e. The van der Waals surface area contributed by atoms with E-state index in [-0.39, 0.29) is 23.1 Å². The predicted octanol–water partition coefficient (Wildman–Crippen LogP) is 3.58. The maximum absolute atomic E-state index is 12.7. The third kappa shape index (κ3) is 3.66. The Morgan fingerprint density at radius 2 is 1.75 bits per heavy atom. The Balaban J connectivity index is 1.66. The van der Waals surface area contributed by atoms with Gasteiger partial charge in [0.05, 0.1) is 11.3 Å². The second-order valence-corrected chi connectivity index (χ2v) is 6.47. The number of aromatic amines is 1. The third-order valence-corrected chi connectivity index (χ3v) is 4.32. The van der Waals surface area contributed by atoms with Crippen molar-refractivity contribution in [2.75, 3.05) is 10.6 Å². The minimum atomic E-state index is -4.71. The third-order valence-electron chi connectivity index (χ3n) is 4.32. The second kappa shape index (κ2) is 6.63. The molecule has 0 unspecified atom stereocenters. The molecule has 4 rings (SSSR count). The SMILES string of the molecule is O=C(Nc1n[nH]c(C(F)(F)F)n1)c1cc2ccccc2cc1NC(=O)C1CC1. The van der Waals surface area contributed by atoms with Gasteiger partial charge in [-0.05, 0) is 35.7 Å². The Morgan fingerprint density at radius 3 is 2.36 bits per heavy atom. The van der Waals surface area contributed by atoms with Crippen molar-refractivity contribution >= 4 is 34.2 Å². The molecule has 3 N–H and O–H groups in total. The lowest BCUT2D eigenvalue weighted by molar-refractivity contribution is -0.144. The summed E-state index contributed by atoms with van der Waals surface area (Å²) < 4.78 is 37.9. The minimum absolute atomic E-state index is 0.0790. The van der Waals surface area contributed by atoms with Crippen LogP contribution in [0.15, 0.2) is 36.4 Å². The van der Waals surface area contributed by atoms with Crippen LogP contribution in [0.3, 0.4) is 0 Å². The molecule has 144 valence electrons. The van der Waals surface area contributed by atoms with Crippen LogP contribution in [0.25, 0.3) is 10.8 Å². The van der Waals surface area contributed by atoms with E-state index in [1.165, 1.54) is 0 Å². The van der Waals surface area contributed by atoms with Gasteiger partial charge in [-0.2, -0.15) is 18.2 Å². The molecule has 2 amide bonds. The van der Waals surface area contributed by atoms with Gasteiger partial charge >= 0.3 is 6.18 Å². The zero-order chi connectivity index (χ0) is 19.9. The number of amides is 2. The van der Waals surface area contributed by atoms with E-state index in [2.05, 4.69) is 20.7 Å². The first-order valence-corrected chi connectivity index (χ1v) is 8.46. The number of nitrogens with zero attached hydrogens (tertiary/aromatic N) is 2. The highest BCUT2D eigenvalue weighted by Crippen LogP contribution is 2.32. The summed E-state index contributed by atoms with van der Waals surface area (Å²) in [6, 6.07) is 10.4. The lowest BCUT2D eigenvalue weighted by atomic mass is 10.0. The molecule has 1 aromatic heterocycles. The van der Waals surface area contributed by atoms with Crippen molar-refractivity contribution < 1.29 is 22.8 Å². The van der Waals surface area contributed by atoms with Gasteiger partial charge in [0.15, 0.2) is 0 Å². The first-order chi connectivity index (χ1) is 13.3. The van der Waals surface area contributed by atoms with Crippen LogP contribution in [-0.4, -0.2) is 27.0 Å². The number of H-pyrrole nitrogens is 1. The summed E-state index contributed by atoms with van der Waals surface area (Å²) in [6.07, 6.45) is -3.13. The van der Waals surface area contributed by atoms with Crippen molar-refractivity contribution in [3.63, 3.8) is 0 Å². The number of hydrogen-bond donors (Lipinski definition) is 3. The van der Waals surface area contributed by atoms with E-state index >= 15 is 0 Å². The summed E-state index contributed by atoms with van der Waals surface area (Å²) in [5.74, 6) is -2.83. The number of aromatic nitrogens is 3. The summed E-state index contributed by atoms with van der Waals surface area (Å²) in [7, 11) is 0. The van der Waals surface area contributed by atoms with E-state index in [1.807, 2.05) is 12.1 Å². The predicted molar refractivity (Wildman–Crippen MR) is 94.6 cm³/mol. The summed E-state index contributed by atoms with van der Waals surface area (Å²) in [5, 5.41) is 11.6. The maximum Gasteiger partial charge on any atom is 0.451 e. The highest BCUT2D eigenvalue weighted by molar-refractivity contribution is 6.12. The zero-order valence-electron chi connectivity index (χ0n) is 14.3. The molecule has 1 fully saturated rings. The highest BCUT2D eigenvalue weighted by Gasteiger charge is 2.35. The minimum Gasteiger partial charge on any atom is -0.325 e. The average molecular weight is 389 g/mol. The topological polar surface area (TPSA) is 99.8 Å². The average Bonchev–Trinajstić information content (AvgIpc) is 3.39. The maximum atomic E-state index is 12.7. The van der Waals surface area contributed by atoms with E-state index < -0.39 is 23.9 Å². The Kier molecular flexibility index (Phi) is 4.25. The molecule has 0 saturated heterocycles. The number of anilines is 2. The Hall–Kier alpha value is -3.43. The molecule has 0 bridgehead atoms. The number of carbonyl (C=O) groups excluding carboxylic acids is 2. The van der Waals surface area contributed by atoms with Crippen molar-refractivity contribution in [1.82, 2.24) is 15.2 Å². The van der Waals surface area contributed by atoms with Gasteiger partial charge in [0.2, 0.25) is 17.7 Å².